The first-order valence-electron chi connectivity index (χ1n) is 19.6. The SMILES string of the molecule is [2H]c1c([2H])c([2H])c(-c2nc(-c3cccc(-n4c5ccccc5c5ccc6c(ccn6-c6ccccc6)c54)c3)nc(-c3c([2H])c([2H])c([2H])c([2H])c3[2H])n2)c([2H])c1[2H]. The van der Waals surface area contributed by atoms with E-state index in [1.165, 1.54) is 0 Å². The summed E-state index contributed by atoms with van der Waals surface area (Å²) in [6, 6.07) is 25.9. The molecule has 46 heavy (non-hydrogen) atoms. The van der Waals surface area contributed by atoms with E-state index in [9.17, 15) is 0 Å². The second-order valence-corrected chi connectivity index (χ2v) is 10.6. The lowest BCUT2D eigenvalue weighted by Crippen LogP contribution is -2.01. The zero-order valence-electron chi connectivity index (χ0n) is 34.1. The van der Waals surface area contributed by atoms with Crippen molar-refractivity contribution < 1.29 is 13.7 Å². The van der Waals surface area contributed by atoms with E-state index in [-0.39, 0.29) is 28.6 Å². The summed E-state index contributed by atoms with van der Waals surface area (Å²) in [4.78, 5) is 13.7. The average Bonchev–Trinajstić information content (AvgIpc) is 3.81. The first-order valence-corrected chi connectivity index (χ1v) is 14.6. The van der Waals surface area contributed by atoms with Crippen LogP contribution in [0, 0.1) is 0 Å². The standard InChI is InChI=1S/C41H27N5/c1-4-13-28(14-5-1)39-42-40(29-15-6-2-7-16-29)44-41(43-39)30-17-12-20-32(27-30)46-37-22-11-10-21-33(37)34-23-24-36-35(38(34)46)25-26-45(36)31-18-8-3-9-19-31/h1-27H/i1D,2D,4D,5D,6D,7D,13D,14D,15D,16D. The van der Waals surface area contributed by atoms with Crippen molar-refractivity contribution in [3.05, 3.63) is 164 Å². The van der Waals surface area contributed by atoms with Crippen LogP contribution in [0.25, 0.3) is 78.2 Å². The van der Waals surface area contributed by atoms with E-state index < -0.39 is 60.4 Å². The minimum Gasteiger partial charge on any atom is -0.316 e. The summed E-state index contributed by atoms with van der Waals surface area (Å²) in [7, 11) is 0. The molecule has 3 aromatic heterocycles. The largest absolute Gasteiger partial charge is 0.316 e. The zero-order chi connectivity index (χ0) is 39.2. The minimum atomic E-state index is -0.604. The number of hydrogen-bond acceptors (Lipinski definition) is 3. The molecule has 0 unspecified atom stereocenters. The van der Waals surface area contributed by atoms with Crippen LogP contribution in [-0.4, -0.2) is 24.1 Å². The van der Waals surface area contributed by atoms with Crippen LogP contribution in [-0.2, 0) is 0 Å². The van der Waals surface area contributed by atoms with E-state index >= 15 is 0 Å². The molecule has 0 saturated heterocycles. The van der Waals surface area contributed by atoms with Gasteiger partial charge in [-0.2, -0.15) is 0 Å². The Balaban J connectivity index is 1.32. The van der Waals surface area contributed by atoms with Crippen molar-refractivity contribution in [2.24, 2.45) is 0 Å². The maximum Gasteiger partial charge on any atom is 0.164 e. The van der Waals surface area contributed by atoms with Gasteiger partial charge in [-0.25, -0.2) is 15.0 Å². The molecule has 0 fully saturated rings. The molecule has 0 aliphatic carbocycles. The Morgan fingerprint density at radius 3 is 1.80 bits per heavy atom. The molecule has 0 N–H and O–H groups in total. The third kappa shape index (κ3) is 4.29. The van der Waals surface area contributed by atoms with Crippen molar-refractivity contribution >= 4 is 32.7 Å². The molecule has 5 heteroatoms. The lowest BCUT2D eigenvalue weighted by molar-refractivity contribution is 1.07. The number of rotatable bonds is 5. The third-order valence-corrected chi connectivity index (χ3v) is 7.98. The molecule has 9 aromatic rings. The van der Waals surface area contributed by atoms with E-state index in [0.717, 1.165) is 44.1 Å². The van der Waals surface area contributed by atoms with Crippen molar-refractivity contribution in [2.45, 2.75) is 0 Å². The number of fused-ring (bicyclic) bond motifs is 5. The zero-order valence-corrected chi connectivity index (χ0v) is 24.1. The van der Waals surface area contributed by atoms with Gasteiger partial charge in [-0.15, -0.1) is 0 Å². The number of benzene rings is 6. The predicted molar refractivity (Wildman–Crippen MR) is 187 cm³/mol. The highest BCUT2D eigenvalue weighted by Crippen LogP contribution is 2.38. The normalized spacial score (nSPS) is 14.5. The van der Waals surface area contributed by atoms with Gasteiger partial charge in [0.1, 0.15) is 0 Å². The highest BCUT2D eigenvalue weighted by Gasteiger charge is 2.18. The van der Waals surface area contributed by atoms with Crippen molar-refractivity contribution in [1.29, 1.82) is 0 Å². The molecule has 0 saturated carbocycles. The van der Waals surface area contributed by atoms with Crippen LogP contribution < -0.4 is 0 Å². The van der Waals surface area contributed by atoms with Gasteiger partial charge in [0, 0.05) is 50.4 Å². The molecule has 9 rings (SSSR count). The summed E-state index contributed by atoms with van der Waals surface area (Å²) >= 11 is 0. The van der Waals surface area contributed by atoms with Gasteiger partial charge < -0.3 is 9.13 Å². The molecule has 0 spiro atoms. The molecule has 0 amide bonds. The summed E-state index contributed by atoms with van der Waals surface area (Å²) < 4.78 is 88.4. The third-order valence-electron chi connectivity index (χ3n) is 7.98. The topological polar surface area (TPSA) is 48.5 Å². The molecule has 3 heterocycles. The van der Waals surface area contributed by atoms with Crippen LogP contribution in [0.5, 0.6) is 0 Å². The Morgan fingerprint density at radius 1 is 0.457 bits per heavy atom. The molecule has 0 aliphatic rings. The maximum absolute atomic E-state index is 8.67. The number of para-hydroxylation sites is 2. The van der Waals surface area contributed by atoms with Crippen molar-refractivity contribution in [1.82, 2.24) is 24.1 Å². The van der Waals surface area contributed by atoms with E-state index in [0.29, 0.717) is 5.56 Å². The van der Waals surface area contributed by atoms with Gasteiger partial charge in [0.15, 0.2) is 17.5 Å². The molecule has 0 radical (unpaired) electrons. The Labute approximate surface area is 279 Å². The fourth-order valence-corrected chi connectivity index (χ4v) is 5.99. The quantitative estimate of drug-likeness (QED) is 0.198. The van der Waals surface area contributed by atoms with E-state index in [2.05, 4.69) is 60.5 Å². The van der Waals surface area contributed by atoms with Crippen LogP contribution in [0.15, 0.2) is 164 Å². The summed E-state index contributed by atoms with van der Waals surface area (Å²) in [5, 5.41) is 3.09. The van der Waals surface area contributed by atoms with Crippen molar-refractivity contribution in [3.8, 4) is 45.5 Å². The Hall–Kier alpha value is -6.33. The Kier molecular flexibility index (Phi) is 4.14. The van der Waals surface area contributed by atoms with E-state index in [1.54, 1.807) is 6.07 Å². The molecule has 6 aromatic carbocycles. The molecule has 216 valence electrons. The van der Waals surface area contributed by atoms with Crippen LogP contribution in [0.3, 0.4) is 0 Å². The van der Waals surface area contributed by atoms with Crippen LogP contribution >= 0.6 is 0 Å². The molecule has 5 nitrogen and oxygen atoms in total. The summed E-state index contributed by atoms with van der Waals surface area (Å²) in [6.45, 7) is 0. The molecule has 0 aliphatic heterocycles. The lowest BCUT2D eigenvalue weighted by Gasteiger charge is -2.12. The monoisotopic (exact) mass is 599 g/mol. The van der Waals surface area contributed by atoms with Gasteiger partial charge in [-0.1, -0.05) is 115 Å². The smallest absolute Gasteiger partial charge is 0.164 e. The van der Waals surface area contributed by atoms with Crippen molar-refractivity contribution in [2.75, 3.05) is 0 Å². The Bertz CT molecular complexity index is 2960. The average molecular weight is 600 g/mol. The second kappa shape index (κ2) is 10.7. The molecular weight excluding hydrogens is 562 g/mol. The number of hydrogen-bond donors (Lipinski definition) is 0. The summed E-state index contributed by atoms with van der Waals surface area (Å²) in [6.07, 6.45) is 2.05. The number of aromatic nitrogens is 5. The molecule has 0 bridgehead atoms. The Morgan fingerprint density at radius 2 is 1.09 bits per heavy atom. The summed E-state index contributed by atoms with van der Waals surface area (Å²) in [5.41, 5.74) is 4.46. The van der Waals surface area contributed by atoms with Gasteiger partial charge >= 0.3 is 0 Å². The minimum absolute atomic E-state index is 0.00776. The lowest BCUT2D eigenvalue weighted by atomic mass is 10.1. The first kappa shape index (κ1) is 17.8. The van der Waals surface area contributed by atoms with E-state index in [4.69, 9.17) is 13.7 Å². The maximum atomic E-state index is 8.67. The van der Waals surface area contributed by atoms with Gasteiger partial charge in [0.25, 0.3) is 0 Å². The fourth-order valence-electron chi connectivity index (χ4n) is 5.99. The van der Waals surface area contributed by atoms with Gasteiger partial charge in [0.05, 0.1) is 30.3 Å². The number of nitrogens with zero attached hydrogens (tertiary/aromatic N) is 5. The second-order valence-electron chi connectivity index (χ2n) is 10.6. The van der Waals surface area contributed by atoms with Gasteiger partial charge in [0.2, 0.25) is 0 Å². The van der Waals surface area contributed by atoms with Gasteiger partial charge in [-0.05, 0) is 42.5 Å². The van der Waals surface area contributed by atoms with Crippen LogP contribution in [0.2, 0.25) is 0 Å². The van der Waals surface area contributed by atoms with Crippen molar-refractivity contribution in [3.63, 3.8) is 0 Å². The summed E-state index contributed by atoms with van der Waals surface area (Å²) in [5.74, 6) is -0.647. The first-order chi connectivity index (χ1) is 27.0. The van der Waals surface area contributed by atoms with Gasteiger partial charge in [-0.3, -0.25) is 0 Å². The van der Waals surface area contributed by atoms with Crippen LogP contribution in [0.1, 0.15) is 13.7 Å². The highest BCUT2D eigenvalue weighted by atomic mass is 15.0. The van der Waals surface area contributed by atoms with E-state index in [1.807, 2.05) is 60.8 Å². The fraction of sp³-hybridized carbons (Fsp3) is 0. The molecule has 0 atom stereocenters. The van der Waals surface area contributed by atoms with Crippen LogP contribution in [0.4, 0.5) is 0 Å². The molecular formula is C41H27N5. The predicted octanol–water partition coefficient (Wildman–Crippen LogP) is 9.91. The highest BCUT2D eigenvalue weighted by molar-refractivity contribution is 6.18.